The van der Waals surface area contributed by atoms with Crippen LogP contribution in [0.25, 0.3) is 0 Å². The van der Waals surface area contributed by atoms with Gasteiger partial charge in [0.2, 0.25) is 12.4 Å². The van der Waals surface area contributed by atoms with Crippen LogP contribution in [0.5, 0.6) is 0 Å². The number of hydrogen-bond acceptors (Lipinski definition) is 10. The molecule has 2 heterocycles. The van der Waals surface area contributed by atoms with E-state index in [-0.39, 0.29) is 0 Å². The van der Waals surface area contributed by atoms with Crippen LogP contribution in [-0.2, 0) is 48.6 Å². The predicted octanol–water partition coefficient (Wildman–Crippen LogP) is 1.65. The number of nitriles is 1. The number of carbonyl (C=O) groups excluding carboxylic acids is 3. The standard InChI is InChI=1S/C19H18BrNO9/c1-9(22)25-14-15(26-10(2)23)17(27-11(3)24)28-18-16(14)29-19(8-21,30-18)12-4-6-13(20)7-5-12/h4-7,14-18H,1-3H3/t14-,15+,16+,17-,18+,19?/m0/s1. The normalized spacial score (nSPS) is 32.4. The minimum Gasteiger partial charge on any atom is -0.455 e. The number of esters is 3. The minimum atomic E-state index is -1.89. The maximum Gasteiger partial charge on any atom is 0.305 e. The molecule has 0 aliphatic carbocycles. The third-order valence-electron chi connectivity index (χ3n) is 4.29. The average Bonchev–Trinajstić information content (AvgIpc) is 3.03. The van der Waals surface area contributed by atoms with Crippen molar-refractivity contribution in [2.24, 2.45) is 0 Å². The van der Waals surface area contributed by atoms with Gasteiger partial charge in [0.1, 0.15) is 6.07 Å². The van der Waals surface area contributed by atoms with Gasteiger partial charge in [-0.25, -0.2) is 0 Å². The van der Waals surface area contributed by atoms with Crippen molar-refractivity contribution >= 4 is 33.8 Å². The van der Waals surface area contributed by atoms with Crippen molar-refractivity contribution in [1.82, 2.24) is 0 Å². The first-order valence-corrected chi connectivity index (χ1v) is 9.64. The molecule has 2 saturated heterocycles. The Kier molecular flexibility index (Phi) is 6.42. The minimum absolute atomic E-state index is 0.362. The number of nitrogens with zero attached hydrogens (tertiary/aromatic N) is 1. The monoisotopic (exact) mass is 483 g/mol. The molecule has 3 rings (SSSR count). The number of ether oxygens (including phenoxy) is 6. The average molecular weight is 484 g/mol. The molecule has 1 aromatic rings. The van der Waals surface area contributed by atoms with Crippen molar-refractivity contribution in [3.63, 3.8) is 0 Å². The van der Waals surface area contributed by atoms with Gasteiger partial charge in [-0.05, 0) is 12.1 Å². The van der Waals surface area contributed by atoms with Gasteiger partial charge in [-0.3, -0.25) is 14.4 Å². The molecule has 1 unspecified atom stereocenters. The van der Waals surface area contributed by atoms with E-state index in [9.17, 15) is 19.6 Å². The first-order valence-electron chi connectivity index (χ1n) is 8.85. The van der Waals surface area contributed by atoms with Crippen LogP contribution < -0.4 is 0 Å². The fourth-order valence-electron chi connectivity index (χ4n) is 3.21. The number of benzene rings is 1. The Morgan fingerprint density at radius 3 is 2.07 bits per heavy atom. The molecule has 1 aromatic carbocycles. The molecule has 2 fully saturated rings. The van der Waals surface area contributed by atoms with Crippen molar-refractivity contribution in [3.8, 4) is 6.07 Å². The molecule has 30 heavy (non-hydrogen) atoms. The van der Waals surface area contributed by atoms with Gasteiger partial charge in [0.25, 0.3) is 5.79 Å². The topological polar surface area (TPSA) is 130 Å². The van der Waals surface area contributed by atoms with Gasteiger partial charge in [-0.2, -0.15) is 5.26 Å². The third kappa shape index (κ3) is 4.46. The molecule has 11 heteroatoms. The number of hydrogen-bond donors (Lipinski definition) is 0. The summed E-state index contributed by atoms with van der Waals surface area (Å²) in [6, 6.07) is 8.56. The number of fused-ring (bicyclic) bond motifs is 1. The zero-order valence-corrected chi connectivity index (χ0v) is 17.8. The van der Waals surface area contributed by atoms with Crippen LogP contribution in [0.15, 0.2) is 28.7 Å². The number of carbonyl (C=O) groups is 3. The summed E-state index contributed by atoms with van der Waals surface area (Å²) in [6.07, 6.45) is -6.44. The van der Waals surface area contributed by atoms with Crippen LogP contribution in [0, 0.1) is 11.3 Å². The SMILES string of the molecule is CC(=O)O[C@H]1O[C@@H]2OC(C#N)(c3ccc(Br)cc3)O[C@@H]2[C@@H](OC(C)=O)[C@H]1OC(C)=O. The molecule has 2 aliphatic rings. The smallest absolute Gasteiger partial charge is 0.305 e. The summed E-state index contributed by atoms with van der Waals surface area (Å²) in [5.74, 6) is -4.05. The van der Waals surface area contributed by atoms with Crippen molar-refractivity contribution in [2.75, 3.05) is 0 Å². The molecule has 0 amide bonds. The highest BCUT2D eigenvalue weighted by atomic mass is 79.9. The van der Waals surface area contributed by atoms with E-state index in [1.54, 1.807) is 24.3 Å². The molecule has 0 spiro atoms. The molecule has 0 saturated carbocycles. The maximum absolute atomic E-state index is 11.7. The lowest BCUT2D eigenvalue weighted by Crippen LogP contribution is -2.60. The van der Waals surface area contributed by atoms with Crippen LogP contribution in [0.3, 0.4) is 0 Å². The Morgan fingerprint density at radius 2 is 1.53 bits per heavy atom. The third-order valence-corrected chi connectivity index (χ3v) is 4.82. The van der Waals surface area contributed by atoms with Crippen molar-refractivity contribution < 1.29 is 42.8 Å². The number of halogens is 1. The first kappa shape index (κ1) is 22.2. The fourth-order valence-corrected chi connectivity index (χ4v) is 3.47. The summed E-state index contributed by atoms with van der Waals surface area (Å²) in [6.45, 7) is 3.42. The molecule has 0 radical (unpaired) electrons. The van der Waals surface area contributed by atoms with E-state index in [2.05, 4.69) is 15.9 Å². The van der Waals surface area contributed by atoms with Crippen molar-refractivity contribution in [2.45, 2.75) is 57.5 Å². The second-order valence-electron chi connectivity index (χ2n) is 6.57. The second-order valence-corrected chi connectivity index (χ2v) is 7.48. The molecule has 0 aromatic heterocycles. The lowest BCUT2D eigenvalue weighted by Gasteiger charge is -2.40. The van der Waals surface area contributed by atoms with E-state index in [1.807, 2.05) is 6.07 Å². The van der Waals surface area contributed by atoms with E-state index >= 15 is 0 Å². The van der Waals surface area contributed by atoms with Gasteiger partial charge in [0, 0.05) is 30.8 Å². The van der Waals surface area contributed by atoms with Gasteiger partial charge in [0.15, 0.2) is 18.5 Å². The fraction of sp³-hybridized carbons (Fsp3) is 0.474. The van der Waals surface area contributed by atoms with Crippen LogP contribution in [0.4, 0.5) is 0 Å². The van der Waals surface area contributed by atoms with E-state index in [0.29, 0.717) is 5.56 Å². The van der Waals surface area contributed by atoms with Gasteiger partial charge in [-0.15, -0.1) is 0 Å². The van der Waals surface area contributed by atoms with Crippen molar-refractivity contribution in [3.05, 3.63) is 34.3 Å². The number of rotatable bonds is 4. The zero-order chi connectivity index (χ0) is 22.1. The maximum atomic E-state index is 11.7. The Bertz CT molecular complexity index is 883. The lowest BCUT2D eigenvalue weighted by molar-refractivity contribution is -0.312. The van der Waals surface area contributed by atoms with Crippen LogP contribution in [0.2, 0.25) is 0 Å². The summed E-state index contributed by atoms with van der Waals surface area (Å²) >= 11 is 3.31. The molecular weight excluding hydrogens is 466 g/mol. The second kappa shape index (κ2) is 8.69. The van der Waals surface area contributed by atoms with Gasteiger partial charge in [0.05, 0.1) is 0 Å². The highest BCUT2D eigenvalue weighted by molar-refractivity contribution is 9.10. The Labute approximate surface area is 180 Å². The Balaban J connectivity index is 2.00. The first-order chi connectivity index (χ1) is 14.1. The molecule has 0 N–H and O–H groups in total. The predicted molar refractivity (Wildman–Crippen MR) is 98.9 cm³/mol. The van der Waals surface area contributed by atoms with Gasteiger partial charge < -0.3 is 28.4 Å². The van der Waals surface area contributed by atoms with E-state index < -0.39 is 54.6 Å². The van der Waals surface area contributed by atoms with Crippen LogP contribution >= 0.6 is 15.9 Å². The van der Waals surface area contributed by atoms with E-state index in [4.69, 9.17) is 28.4 Å². The quantitative estimate of drug-likeness (QED) is 0.459. The molecule has 10 nitrogen and oxygen atoms in total. The highest BCUT2D eigenvalue weighted by Crippen LogP contribution is 2.44. The molecule has 2 aliphatic heterocycles. The largest absolute Gasteiger partial charge is 0.455 e. The Morgan fingerprint density at radius 1 is 0.967 bits per heavy atom. The zero-order valence-electron chi connectivity index (χ0n) is 16.2. The van der Waals surface area contributed by atoms with Crippen LogP contribution in [-0.4, -0.2) is 48.8 Å². The van der Waals surface area contributed by atoms with Crippen molar-refractivity contribution in [1.29, 1.82) is 5.26 Å². The van der Waals surface area contributed by atoms with E-state index in [0.717, 1.165) is 25.2 Å². The summed E-state index contributed by atoms with van der Waals surface area (Å²) in [4.78, 5) is 34.9. The van der Waals surface area contributed by atoms with Gasteiger partial charge in [-0.1, -0.05) is 28.1 Å². The lowest BCUT2D eigenvalue weighted by atomic mass is 10.0. The molecule has 6 atom stereocenters. The summed E-state index contributed by atoms with van der Waals surface area (Å²) in [5.41, 5.74) is 0.362. The van der Waals surface area contributed by atoms with Crippen LogP contribution in [0.1, 0.15) is 26.3 Å². The molecular formula is C19H18BrNO9. The summed E-state index contributed by atoms with van der Waals surface area (Å²) in [5, 5.41) is 9.83. The highest BCUT2D eigenvalue weighted by Gasteiger charge is 2.62. The molecule has 0 bridgehead atoms. The molecule has 160 valence electrons. The van der Waals surface area contributed by atoms with E-state index in [1.165, 1.54) is 0 Å². The van der Waals surface area contributed by atoms with Gasteiger partial charge >= 0.3 is 17.9 Å². The summed E-state index contributed by atoms with van der Waals surface area (Å²) in [7, 11) is 0. The Hall–Kier alpha value is -2.52. The summed E-state index contributed by atoms with van der Waals surface area (Å²) < 4.78 is 33.7.